The van der Waals surface area contributed by atoms with Gasteiger partial charge in [0.2, 0.25) is 5.78 Å². The lowest BCUT2D eigenvalue weighted by Gasteiger charge is -2.06. The number of hydrogen-bond acceptors (Lipinski definition) is 5. The summed E-state index contributed by atoms with van der Waals surface area (Å²) in [4.78, 5) is 31.1. The molecule has 0 aliphatic carbocycles. The van der Waals surface area contributed by atoms with E-state index in [0.29, 0.717) is 11.3 Å². The highest BCUT2D eigenvalue weighted by atomic mass is 32.1. The number of H-pyrrole nitrogens is 1. The summed E-state index contributed by atoms with van der Waals surface area (Å²) < 4.78 is 6.98. The minimum Gasteiger partial charge on any atom is -0.453 e. The van der Waals surface area contributed by atoms with Crippen molar-refractivity contribution in [2.24, 2.45) is 0 Å². The molecule has 7 heteroatoms. The molecular weight excluding hydrogens is 314 g/mol. The van der Waals surface area contributed by atoms with Crippen LogP contribution in [0.2, 0.25) is 0 Å². The number of Topliss-reactive ketones (excluding diaryl/α,β-unsaturated/α-hetero) is 1. The zero-order valence-electron chi connectivity index (χ0n) is 12.7. The van der Waals surface area contributed by atoms with Gasteiger partial charge in [-0.1, -0.05) is 0 Å². The molecule has 3 aromatic rings. The molecule has 3 rings (SSSR count). The summed E-state index contributed by atoms with van der Waals surface area (Å²) in [7, 11) is 0. The fourth-order valence-corrected chi connectivity index (χ4v) is 3.16. The summed E-state index contributed by atoms with van der Waals surface area (Å²) in [5.41, 5.74) is 2.57. The van der Waals surface area contributed by atoms with Gasteiger partial charge >= 0.3 is 5.97 Å². The SMILES string of the molecule is Cc1cc(C(=O)COC(=O)c2ccc[nH]2)c(C)n1-c1nccs1. The van der Waals surface area contributed by atoms with Crippen molar-refractivity contribution in [2.75, 3.05) is 6.61 Å². The number of carbonyl (C=O) groups is 2. The number of ketones is 1. The molecule has 0 radical (unpaired) electrons. The van der Waals surface area contributed by atoms with Gasteiger partial charge in [0.15, 0.2) is 11.7 Å². The van der Waals surface area contributed by atoms with Gasteiger partial charge in [0.25, 0.3) is 0 Å². The minimum absolute atomic E-state index is 0.235. The van der Waals surface area contributed by atoms with Crippen LogP contribution in [0.3, 0.4) is 0 Å². The normalized spacial score (nSPS) is 10.7. The molecule has 0 spiro atoms. The van der Waals surface area contributed by atoms with Crippen LogP contribution in [0.4, 0.5) is 0 Å². The van der Waals surface area contributed by atoms with Crippen molar-refractivity contribution in [1.82, 2.24) is 14.5 Å². The highest BCUT2D eigenvalue weighted by molar-refractivity contribution is 7.12. The molecule has 6 nitrogen and oxygen atoms in total. The number of nitrogens with zero attached hydrogens (tertiary/aromatic N) is 2. The van der Waals surface area contributed by atoms with Crippen LogP contribution >= 0.6 is 11.3 Å². The van der Waals surface area contributed by atoms with Crippen LogP contribution in [0.25, 0.3) is 5.13 Å². The number of esters is 1. The van der Waals surface area contributed by atoms with Gasteiger partial charge in [-0.15, -0.1) is 11.3 Å². The lowest BCUT2D eigenvalue weighted by molar-refractivity contribution is 0.0469. The molecule has 23 heavy (non-hydrogen) atoms. The Bertz CT molecular complexity index is 832. The van der Waals surface area contributed by atoms with E-state index >= 15 is 0 Å². The van der Waals surface area contributed by atoms with Gasteiger partial charge < -0.3 is 9.72 Å². The van der Waals surface area contributed by atoms with Crippen LogP contribution in [-0.4, -0.2) is 32.9 Å². The van der Waals surface area contributed by atoms with Crippen LogP contribution in [-0.2, 0) is 4.74 Å². The molecule has 0 bridgehead atoms. The summed E-state index contributed by atoms with van der Waals surface area (Å²) in [5, 5.41) is 2.69. The molecule has 3 aromatic heterocycles. The first-order valence-electron chi connectivity index (χ1n) is 7.00. The molecule has 0 amide bonds. The monoisotopic (exact) mass is 329 g/mol. The Kier molecular flexibility index (Phi) is 4.12. The van der Waals surface area contributed by atoms with E-state index in [1.165, 1.54) is 11.3 Å². The zero-order valence-corrected chi connectivity index (χ0v) is 13.5. The molecule has 0 fully saturated rings. The lowest BCUT2D eigenvalue weighted by atomic mass is 10.1. The van der Waals surface area contributed by atoms with E-state index < -0.39 is 5.97 Å². The van der Waals surface area contributed by atoms with E-state index in [0.717, 1.165) is 16.5 Å². The molecule has 0 atom stereocenters. The quantitative estimate of drug-likeness (QED) is 0.577. The Morgan fingerprint density at radius 3 is 2.87 bits per heavy atom. The van der Waals surface area contributed by atoms with Crippen LogP contribution in [0.1, 0.15) is 32.2 Å². The predicted molar refractivity (Wildman–Crippen MR) is 86.3 cm³/mol. The van der Waals surface area contributed by atoms with E-state index in [9.17, 15) is 9.59 Å². The fourth-order valence-electron chi connectivity index (χ4n) is 2.41. The van der Waals surface area contributed by atoms with Crippen molar-refractivity contribution in [2.45, 2.75) is 13.8 Å². The molecule has 0 saturated heterocycles. The number of carbonyl (C=O) groups excluding carboxylic acids is 2. The van der Waals surface area contributed by atoms with Gasteiger partial charge in [-0.3, -0.25) is 9.36 Å². The maximum atomic E-state index is 12.4. The predicted octanol–water partition coefficient (Wildman–Crippen LogP) is 2.92. The van der Waals surface area contributed by atoms with Crippen molar-refractivity contribution < 1.29 is 14.3 Å². The van der Waals surface area contributed by atoms with Crippen LogP contribution in [0.15, 0.2) is 36.0 Å². The summed E-state index contributed by atoms with van der Waals surface area (Å²) in [6, 6.07) is 5.09. The third-order valence-corrected chi connectivity index (χ3v) is 4.25. The number of aromatic nitrogens is 3. The Balaban J connectivity index is 1.76. The number of hydrogen-bond donors (Lipinski definition) is 1. The first kappa shape index (κ1) is 15.2. The van der Waals surface area contributed by atoms with Crippen molar-refractivity contribution >= 4 is 23.1 Å². The van der Waals surface area contributed by atoms with E-state index in [4.69, 9.17) is 4.74 Å². The van der Waals surface area contributed by atoms with Gasteiger partial charge in [-0.05, 0) is 32.0 Å². The topological polar surface area (TPSA) is 77.0 Å². The average Bonchev–Trinajstić information content (AvgIpc) is 3.25. The molecule has 0 aliphatic heterocycles. The Morgan fingerprint density at radius 1 is 1.39 bits per heavy atom. The van der Waals surface area contributed by atoms with Crippen LogP contribution in [0.5, 0.6) is 0 Å². The molecule has 0 saturated carbocycles. The van der Waals surface area contributed by atoms with E-state index in [2.05, 4.69) is 9.97 Å². The minimum atomic E-state index is -0.544. The lowest BCUT2D eigenvalue weighted by Crippen LogP contribution is -2.15. The summed E-state index contributed by atoms with van der Waals surface area (Å²) in [6.07, 6.45) is 3.35. The first-order chi connectivity index (χ1) is 11.1. The molecule has 0 aromatic carbocycles. The smallest absolute Gasteiger partial charge is 0.355 e. The van der Waals surface area contributed by atoms with Gasteiger partial charge in [0.1, 0.15) is 5.69 Å². The summed E-state index contributed by atoms with van der Waals surface area (Å²) in [6.45, 7) is 3.48. The maximum absolute atomic E-state index is 12.4. The van der Waals surface area contributed by atoms with E-state index in [-0.39, 0.29) is 12.4 Å². The van der Waals surface area contributed by atoms with Crippen molar-refractivity contribution in [3.8, 4) is 5.13 Å². The summed E-state index contributed by atoms with van der Waals surface area (Å²) >= 11 is 1.50. The largest absolute Gasteiger partial charge is 0.453 e. The van der Waals surface area contributed by atoms with Crippen molar-refractivity contribution in [3.05, 3.63) is 58.6 Å². The van der Waals surface area contributed by atoms with E-state index in [1.54, 1.807) is 30.6 Å². The second-order valence-corrected chi connectivity index (χ2v) is 5.89. The third kappa shape index (κ3) is 2.95. The number of aromatic amines is 1. The number of thiazole rings is 1. The van der Waals surface area contributed by atoms with Crippen LogP contribution < -0.4 is 0 Å². The number of nitrogens with one attached hydrogen (secondary N) is 1. The molecule has 0 unspecified atom stereocenters. The second kappa shape index (κ2) is 6.21. The standard InChI is InChI=1S/C16H15N3O3S/c1-10-8-12(11(2)19(10)16-18-6-7-23-16)14(20)9-22-15(21)13-4-3-5-17-13/h3-8,17H,9H2,1-2H3. The Morgan fingerprint density at radius 2 is 2.22 bits per heavy atom. The second-order valence-electron chi connectivity index (χ2n) is 5.02. The molecular formula is C16H15N3O3S. The molecule has 1 N–H and O–H groups in total. The Labute approximate surface area is 136 Å². The molecule has 118 valence electrons. The third-order valence-electron chi connectivity index (χ3n) is 3.49. The van der Waals surface area contributed by atoms with Gasteiger partial charge in [0.05, 0.1) is 0 Å². The van der Waals surface area contributed by atoms with Crippen molar-refractivity contribution in [3.63, 3.8) is 0 Å². The molecule has 0 aliphatic rings. The van der Waals surface area contributed by atoms with Gasteiger partial charge in [-0.2, -0.15) is 0 Å². The first-order valence-corrected chi connectivity index (χ1v) is 7.88. The summed E-state index contributed by atoms with van der Waals surface area (Å²) in [5.74, 6) is -0.780. The zero-order chi connectivity index (χ0) is 16.4. The molecule has 3 heterocycles. The maximum Gasteiger partial charge on any atom is 0.355 e. The van der Waals surface area contributed by atoms with Crippen LogP contribution in [0, 0.1) is 13.8 Å². The number of aryl methyl sites for hydroxylation is 1. The fraction of sp³-hybridized carbons (Fsp3) is 0.188. The average molecular weight is 329 g/mol. The van der Waals surface area contributed by atoms with Gasteiger partial charge in [-0.25, -0.2) is 9.78 Å². The highest BCUT2D eigenvalue weighted by Crippen LogP contribution is 2.22. The highest BCUT2D eigenvalue weighted by Gasteiger charge is 2.19. The van der Waals surface area contributed by atoms with E-state index in [1.807, 2.05) is 23.8 Å². The van der Waals surface area contributed by atoms with Crippen molar-refractivity contribution in [1.29, 1.82) is 0 Å². The number of rotatable bonds is 5. The van der Waals surface area contributed by atoms with Gasteiger partial charge in [0, 0.05) is 34.7 Å². The number of ether oxygens (including phenoxy) is 1. The Hall–Kier alpha value is -2.67.